The second-order valence-corrected chi connectivity index (χ2v) is 35.6. The highest BCUT2D eigenvalue weighted by atomic mass is 31.2. The molecule has 19 atom stereocenters. The van der Waals surface area contributed by atoms with Crippen molar-refractivity contribution in [2.75, 3.05) is 26.4 Å². The first kappa shape index (κ1) is 109. The standard InChI is InChI=1S/C92H169O25P/c1-6-10-14-18-22-25-28-31-33-36-39-42-45-52-58-64-76(95)109-70-74-80(99)82(101)86(105)92(113-74)116-89-87(114-78(97)66-60-53-46-43-40-37-34-32-29-26-23-19-15-11-7-2)83(102)84(103)88(115-91-85(104)81(100)79(98)73(67-93)112-91)90(89)117-118(106,107)110-69-72(68-108-75(94)63-57-51-44-41-38-35-30-27-24-20-16-12-8-3)111-77(96)65-59-54-48-47-50-56-62-71(5)61-55-49-21-17-13-9-4/h25-26,28-29,71-74,79-93,98-105H,6-24,27,30-70H2,1-5H3,(H,106,107)/b28-25-,29-26-. The molecule has 3 rings (SSSR count). The molecule has 2 heterocycles. The fourth-order valence-electron chi connectivity index (χ4n) is 15.7. The highest BCUT2D eigenvalue weighted by Crippen LogP contribution is 2.49. The first-order valence-corrected chi connectivity index (χ1v) is 49.0. The van der Waals surface area contributed by atoms with Crippen molar-refractivity contribution in [2.24, 2.45) is 5.92 Å². The summed E-state index contributed by atoms with van der Waals surface area (Å²) in [6, 6.07) is 0. The van der Waals surface area contributed by atoms with Crippen molar-refractivity contribution in [1.29, 1.82) is 0 Å². The molecule has 3 fully saturated rings. The summed E-state index contributed by atoms with van der Waals surface area (Å²) in [6.45, 7) is 7.90. The maximum absolute atomic E-state index is 14.9. The van der Waals surface area contributed by atoms with Crippen LogP contribution in [0.25, 0.3) is 0 Å². The van der Waals surface area contributed by atoms with Crippen LogP contribution >= 0.6 is 7.82 Å². The van der Waals surface area contributed by atoms with E-state index < -0.39 is 162 Å². The third kappa shape index (κ3) is 50.2. The van der Waals surface area contributed by atoms with Crippen LogP contribution in [-0.2, 0) is 70.7 Å². The van der Waals surface area contributed by atoms with Gasteiger partial charge in [0.05, 0.1) is 13.2 Å². The molecule has 3 aliphatic rings. The molecule has 118 heavy (non-hydrogen) atoms. The van der Waals surface area contributed by atoms with Crippen LogP contribution in [0.2, 0.25) is 0 Å². The van der Waals surface area contributed by atoms with Gasteiger partial charge in [0.25, 0.3) is 0 Å². The summed E-state index contributed by atoms with van der Waals surface area (Å²) in [6.07, 6.45) is 28.8. The zero-order valence-electron chi connectivity index (χ0n) is 73.9. The van der Waals surface area contributed by atoms with Gasteiger partial charge in [-0.2, -0.15) is 0 Å². The fraction of sp³-hybridized carbons (Fsp3) is 0.913. The molecule has 0 amide bonds. The predicted molar refractivity (Wildman–Crippen MR) is 458 cm³/mol. The average Bonchev–Trinajstić information content (AvgIpc) is 0.754. The number of phosphoric acid groups is 1. The predicted octanol–water partition coefficient (Wildman–Crippen LogP) is 17.6. The third-order valence-corrected chi connectivity index (χ3v) is 24.3. The molecule has 0 aromatic heterocycles. The second-order valence-electron chi connectivity index (χ2n) is 34.1. The lowest BCUT2D eigenvalue weighted by atomic mass is 9.84. The van der Waals surface area contributed by atoms with Crippen molar-refractivity contribution < 1.29 is 122 Å². The zero-order chi connectivity index (χ0) is 86.2. The molecule has 0 spiro atoms. The number of carbonyl (C=O) groups excluding carboxylic acids is 4. The Labute approximate surface area is 711 Å². The van der Waals surface area contributed by atoms with Gasteiger partial charge in [0, 0.05) is 25.7 Å². The van der Waals surface area contributed by atoms with Gasteiger partial charge < -0.3 is 88.7 Å². The van der Waals surface area contributed by atoms with E-state index in [0.29, 0.717) is 38.0 Å². The molecule has 10 N–H and O–H groups in total. The highest BCUT2D eigenvalue weighted by Gasteiger charge is 2.60. The molecule has 0 aromatic carbocycles. The molecule has 0 radical (unpaired) electrons. The summed E-state index contributed by atoms with van der Waals surface area (Å²) < 4.78 is 73.5. The van der Waals surface area contributed by atoms with Gasteiger partial charge in [-0.15, -0.1) is 0 Å². The van der Waals surface area contributed by atoms with Crippen molar-refractivity contribution in [3.63, 3.8) is 0 Å². The summed E-state index contributed by atoms with van der Waals surface area (Å²) >= 11 is 0. The van der Waals surface area contributed by atoms with Gasteiger partial charge in [-0.05, 0) is 83.0 Å². The first-order chi connectivity index (χ1) is 57.1. The Hall–Kier alpha value is -3.05. The summed E-state index contributed by atoms with van der Waals surface area (Å²) in [5, 5.41) is 102. The molecule has 0 bridgehead atoms. The van der Waals surface area contributed by atoms with Crippen LogP contribution in [0, 0.1) is 5.92 Å². The van der Waals surface area contributed by atoms with E-state index in [1.807, 2.05) is 0 Å². The zero-order valence-corrected chi connectivity index (χ0v) is 74.8. The molecule has 25 nitrogen and oxygen atoms in total. The summed E-state index contributed by atoms with van der Waals surface area (Å²) in [7, 11) is -5.81. The van der Waals surface area contributed by atoms with Crippen molar-refractivity contribution >= 4 is 31.7 Å². The number of aliphatic hydroxyl groups is 9. The average molecular weight is 1710 g/mol. The van der Waals surface area contributed by atoms with Crippen LogP contribution in [0.3, 0.4) is 0 Å². The van der Waals surface area contributed by atoms with E-state index in [4.69, 9.17) is 46.9 Å². The number of aliphatic hydroxyl groups excluding tert-OH is 9. The third-order valence-electron chi connectivity index (χ3n) is 23.3. The topological polar surface area (TPSA) is 380 Å². The van der Waals surface area contributed by atoms with E-state index in [2.05, 4.69) is 58.9 Å². The van der Waals surface area contributed by atoms with Crippen LogP contribution in [0.4, 0.5) is 0 Å². The largest absolute Gasteiger partial charge is 0.472 e. The van der Waals surface area contributed by atoms with E-state index in [0.717, 1.165) is 161 Å². The normalized spacial score (nSPS) is 25.3. The van der Waals surface area contributed by atoms with Gasteiger partial charge in [-0.1, -0.05) is 322 Å². The van der Waals surface area contributed by atoms with Gasteiger partial charge >= 0.3 is 31.7 Å². The van der Waals surface area contributed by atoms with Gasteiger partial charge in [-0.3, -0.25) is 28.2 Å². The minimum absolute atomic E-state index is 0.00877. The minimum atomic E-state index is -5.81. The number of rotatable bonds is 76. The van der Waals surface area contributed by atoms with Gasteiger partial charge in [0.1, 0.15) is 92.6 Å². The molecule has 1 saturated carbocycles. The van der Waals surface area contributed by atoms with Crippen molar-refractivity contribution in [1.82, 2.24) is 0 Å². The molecule has 26 heteroatoms. The number of hydrogen-bond acceptors (Lipinski definition) is 24. The van der Waals surface area contributed by atoms with E-state index in [1.165, 1.54) is 148 Å². The Morgan fingerprint density at radius 1 is 0.356 bits per heavy atom. The quantitative estimate of drug-likeness (QED) is 0.00889. The number of carbonyl (C=O) groups is 4. The van der Waals surface area contributed by atoms with Crippen LogP contribution in [0.5, 0.6) is 0 Å². The number of ether oxygens (including phenoxy) is 8. The molecule has 2 aliphatic heterocycles. The molecule has 2 saturated heterocycles. The van der Waals surface area contributed by atoms with Gasteiger partial charge in [0.2, 0.25) is 0 Å². The highest BCUT2D eigenvalue weighted by molar-refractivity contribution is 7.47. The number of allylic oxidation sites excluding steroid dienone is 4. The number of esters is 4. The monoisotopic (exact) mass is 1710 g/mol. The summed E-state index contributed by atoms with van der Waals surface area (Å²) in [5.41, 5.74) is 0. The van der Waals surface area contributed by atoms with Gasteiger partial charge in [0.15, 0.2) is 24.8 Å². The van der Waals surface area contributed by atoms with Gasteiger partial charge in [-0.25, -0.2) is 4.57 Å². The van der Waals surface area contributed by atoms with E-state index in [9.17, 15) is 74.6 Å². The van der Waals surface area contributed by atoms with Crippen molar-refractivity contribution in [2.45, 2.75) is 505 Å². The smallest absolute Gasteiger partial charge is 0.463 e. The summed E-state index contributed by atoms with van der Waals surface area (Å²) in [5.74, 6) is -2.30. The van der Waals surface area contributed by atoms with Crippen molar-refractivity contribution in [3.05, 3.63) is 24.3 Å². The van der Waals surface area contributed by atoms with Crippen LogP contribution < -0.4 is 0 Å². The maximum Gasteiger partial charge on any atom is 0.472 e. The Morgan fingerprint density at radius 2 is 0.686 bits per heavy atom. The molecular formula is C92H169O25P. The van der Waals surface area contributed by atoms with E-state index in [-0.39, 0.29) is 25.7 Å². The van der Waals surface area contributed by atoms with E-state index in [1.54, 1.807) is 0 Å². The molecular weight excluding hydrogens is 1540 g/mol. The maximum atomic E-state index is 14.9. The number of hydrogen-bond donors (Lipinski definition) is 10. The first-order valence-electron chi connectivity index (χ1n) is 47.5. The lowest BCUT2D eigenvalue weighted by Gasteiger charge is -2.50. The van der Waals surface area contributed by atoms with E-state index >= 15 is 0 Å². The van der Waals surface area contributed by atoms with Crippen LogP contribution in [0.15, 0.2) is 24.3 Å². The number of phosphoric ester groups is 1. The SMILES string of the molecule is CCCCCC/C=C\CCCCCCCCCC(=O)OCC1OC(OC2C(OC(=O)CCCCCCCCC/C=C\CCCCCC)C(O)C(O)C(OC3OC(CO)C(O)C(O)C3O)C2OP(=O)(O)OCC(COC(=O)CCCCCCCCCCCCCCC)OC(=O)CCCCCCCCC(C)CCCCCCCC)C(O)C(O)C1O. The lowest BCUT2D eigenvalue weighted by Crippen LogP contribution is -2.70. The molecule has 19 unspecified atom stereocenters. The molecule has 1 aliphatic carbocycles. The Kier molecular flexibility index (Phi) is 64.9. The number of unbranched alkanes of at least 4 members (excludes halogenated alkanes) is 44. The van der Waals surface area contributed by atoms with Crippen LogP contribution in [-0.4, -0.2) is 205 Å². The molecule has 692 valence electrons. The lowest BCUT2D eigenvalue weighted by molar-refractivity contribution is -0.360. The fourth-order valence-corrected chi connectivity index (χ4v) is 16.6. The molecule has 0 aromatic rings. The Morgan fingerprint density at radius 3 is 1.10 bits per heavy atom. The second kappa shape index (κ2) is 70.2. The Bertz CT molecular complexity index is 2570. The minimum Gasteiger partial charge on any atom is -0.463 e. The van der Waals surface area contributed by atoms with Crippen molar-refractivity contribution in [3.8, 4) is 0 Å². The Balaban J connectivity index is 1.92. The summed E-state index contributed by atoms with van der Waals surface area (Å²) in [4.78, 5) is 66.5. The van der Waals surface area contributed by atoms with Crippen LogP contribution in [0.1, 0.15) is 401 Å².